The summed E-state index contributed by atoms with van der Waals surface area (Å²) in [5.41, 5.74) is 5.64. The molecule has 2 fully saturated rings. The molecule has 2 aliphatic heterocycles. The number of piperidine rings is 1. The van der Waals surface area contributed by atoms with Crippen LogP contribution < -0.4 is 5.73 Å². The second-order valence-electron chi connectivity index (χ2n) is 6.01. The van der Waals surface area contributed by atoms with Gasteiger partial charge in [0.15, 0.2) is 9.84 Å². The molecule has 2 saturated heterocycles. The van der Waals surface area contributed by atoms with E-state index in [-0.39, 0.29) is 11.3 Å². The lowest BCUT2D eigenvalue weighted by Gasteiger charge is -2.48. The Bertz CT molecular complexity index is 391. The fourth-order valence-corrected chi connectivity index (χ4v) is 5.52. The van der Waals surface area contributed by atoms with Gasteiger partial charge in [0.1, 0.15) is 0 Å². The summed E-state index contributed by atoms with van der Waals surface area (Å²) >= 11 is 0. The van der Waals surface area contributed by atoms with E-state index in [2.05, 4.69) is 4.90 Å². The van der Waals surface area contributed by atoms with Crippen molar-refractivity contribution in [1.82, 2.24) is 4.90 Å². The van der Waals surface area contributed by atoms with Crippen LogP contribution in [-0.4, -0.2) is 63.7 Å². The molecule has 0 bridgehead atoms. The number of ether oxygens (including phenoxy) is 1. The second-order valence-corrected chi connectivity index (χ2v) is 8.19. The fraction of sp³-hybridized carbons (Fsp3) is 1.00. The smallest absolute Gasteiger partial charge is 0.152 e. The van der Waals surface area contributed by atoms with Gasteiger partial charge in [-0.15, -0.1) is 0 Å². The summed E-state index contributed by atoms with van der Waals surface area (Å²) in [6.07, 6.45) is 3.82. The number of hydrogen-bond donors (Lipinski definition) is 1. The lowest BCUT2D eigenvalue weighted by atomic mass is 9.88. The van der Waals surface area contributed by atoms with Crippen LogP contribution in [0.2, 0.25) is 0 Å². The quantitative estimate of drug-likeness (QED) is 0.803. The average molecular weight is 290 g/mol. The Morgan fingerprint density at radius 3 is 2.58 bits per heavy atom. The number of likely N-dealkylation sites (tertiary alicyclic amines) is 1. The molecule has 6 heteroatoms. The highest BCUT2D eigenvalue weighted by molar-refractivity contribution is 7.91. The van der Waals surface area contributed by atoms with E-state index in [4.69, 9.17) is 10.5 Å². The Labute approximate surface area is 116 Å². The molecule has 1 unspecified atom stereocenters. The third-order valence-electron chi connectivity index (χ3n) is 4.65. The van der Waals surface area contributed by atoms with Crippen LogP contribution in [-0.2, 0) is 14.6 Å². The molecule has 19 heavy (non-hydrogen) atoms. The van der Waals surface area contributed by atoms with E-state index < -0.39 is 9.84 Å². The van der Waals surface area contributed by atoms with Gasteiger partial charge in [-0.2, -0.15) is 0 Å². The van der Waals surface area contributed by atoms with Crippen LogP contribution >= 0.6 is 0 Å². The van der Waals surface area contributed by atoms with Crippen molar-refractivity contribution < 1.29 is 13.2 Å². The van der Waals surface area contributed by atoms with Gasteiger partial charge in [-0.05, 0) is 44.7 Å². The Morgan fingerprint density at radius 1 is 1.37 bits per heavy atom. The standard InChI is InChI=1S/C13H26N2O3S/c1-18-9-12-3-6-15(7-4-12)13(10-14)5-2-8-19(16,17)11-13/h12H,2-11,14H2,1H3. The van der Waals surface area contributed by atoms with E-state index in [1.165, 1.54) is 0 Å². The first-order valence-corrected chi connectivity index (χ1v) is 8.98. The predicted octanol–water partition coefficient (Wildman–Crippen LogP) is 0.251. The summed E-state index contributed by atoms with van der Waals surface area (Å²) in [6, 6.07) is 0. The van der Waals surface area contributed by atoms with E-state index in [0.29, 0.717) is 18.2 Å². The topological polar surface area (TPSA) is 72.6 Å². The van der Waals surface area contributed by atoms with Gasteiger partial charge in [0.05, 0.1) is 11.5 Å². The largest absolute Gasteiger partial charge is 0.384 e. The average Bonchev–Trinajstić information content (AvgIpc) is 2.38. The van der Waals surface area contributed by atoms with Crippen molar-refractivity contribution in [2.24, 2.45) is 11.7 Å². The van der Waals surface area contributed by atoms with E-state index in [1.807, 2.05) is 0 Å². The lowest BCUT2D eigenvalue weighted by Crippen LogP contribution is -2.61. The maximum Gasteiger partial charge on any atom is 0.152 e. The molecule has 0 amide bonds. The fourth-order valence-electron chi connectivity index (χ4n) is 3.52. The van der Waals surface area contributed by atoms with Crippen molar-refractivity contribution in [3.05, 3.63) is 0 Å². The van der Waals surface area contributed by atoms with Crippen LogP contribution in [0.15, 0.2) is 0 Å². The van der Waals surface area contributed by atoms with Gasteiger partial charge in [0.2, 0.25) is 0 Å². The second kappa shape index (κ2) is 6.08. The third kappa shape index (κ3) is 3.48. The Kier molecular flexibility index (Phi) is 4.87. The van der Waals surface area contributed by atoms with Crippen molar-refractivity contribution in [2.45, 2.75) is 31.2 Å². The van der Waals surface area contributed by atoms with Crippen LogP contribution in [0.3, 0.4) is 0 Å². The maximum absolute atomic E-state index is 11.9. The summed E-state index contributed by atoms with van der Waals surface area (Å²) in [7, 11) is -1.18. The van der Waals surface area contributed by atoms with Crippen LogP contribution in [0.4, 0.5) is 0 Å². The molecule has 0 aromatic carbocycles. The first kappa shape index (κ1) is 15.2. The molecule has 2 aliphatic rings. The molecule has 2 rings (SSSR count). The molecule has 5 nitrogen and oxygen atoms in total. The summed E-state index contributed by atoms with van der Waals surface area (Å²) in [4.78, 5) is 2.33. The third-order valence-corrected chi connectivity index (χ3v) is 6.54. The Balaban J connectivity index is 2.02. The first-order chi connectivity index (χ1) is 9.01. The zero-order valence-electron chi connectivity index (χ0n) is 11.8. The molecule has 0 radical (unpaired) electrons. The van der Waals surface area contributed by atoms with E-state index in [1.54, 1.807) is 7.11 Å². The molecule has 112 valence electrons. The van der Waals surface area contributed by atoms with Crippen LogP contribution in [0.5, 0.6) is 0 Å². The van der Waals surface area contributed by atoms with Crippen LogP contribution in [0, 0.1) is 5.92 Å². The number of nitrogens with zero attached hydrogens (tertiary/aromatic N) is 1. The summed E-state index contributed by atoms with van der Waals surface area (Å²) < 4.78 is 29.1. The zero-order valence-corrected chi connectivity index (χ0v) is 12.6. The highest BCUT2D eigenvalue weighted by atomic mass is 32.2. The minimum Gasteiger partial charge on any atom is -0.384 e. The number of rotatable bonds is 4. The number of sulfone groups is 1. The summed E-state index contributed by atoms with van der Waals surface area (Å²) in [5, 5.41) is 0. The number of hydrogen-bond acceptors (Lipinski definition) is 5. The monoisotopic (exact) mass is 290 g/mol. The van der Waals surface area contributed by atoms with Crippen molar-refractivity contribution in [3.8, 4) is 0 Å². The molecule has 0 spiro atoms. The maximum atomic E-state index is 11.9. The minimum atomic E-state index is -2.92. The summed E-state index contributed by atoms with van der Waals surface area (Å²) in [6.45, 7) is 3.14. The van der Waals surface area contributed by atoms with Gasteiger partial charge in [-0.3, -0.25) is 4.90 Å². The van der Waals surface area contributed by atoms with Gasteiger partial charge in [0.25, 0.3) is 0 Å². The molecule has 0 saturated carbocycles. The minimum absolute atomic E-state index is 0.242. The predicted molar refractivity (Wildman–Crippen MR) is 75.8 cm³/mol. The molecule has 2 N–H and O–H groups in total. The molecular formula is C13H26N2O3S. The number of nitrogens with two attached hydrogens (primary N) is 1. The van der Waals surface area contributed by atoms with Crippen LogP contribution in [0.1, 0.15) is 25.7 Å². The lowest BCUT2D eigenvalue weighted by molar-refractivity contribution is 0.0378. The molecule has 0 aliphatic carbocycles. The zero-order chi connectivity index (χ0) is 13.9. The van der Waals surface area contributed by atoms with Crippen molar-refractivity contribution in [1.29, 1.82) is 0 Å². The molecule has 0 aromatic rings. The van der Waals surface area contributed by atoms with Crippen molar-refractivity contribution >= 4 is 9.84 Å². The molecule has 0 aromatic heterocycles. The highest BCUT2D eigenvalue weighted by Gasteiger charge is 2.43. The van der Waals surface area contributed by atoms with Gasteiger partial charge in [-0.25, -0.2) is 8.42 Å². The van der Waals surface area contributed by atoms with Crippen molar-refractivity contribution in [2.75, 3.05) is 44.9 Å². The molecule has 1 atom stereocenters. The SMILES string of the molecule is COCC1CCN(C2(CN)CCCS(=O)(=O)C2)CC1. The number of methoxy groups -OCH3 is 1. The van der Waals surface area contributed by atoms with Gasteiger partial charge in [-0.1, -0.05) is 0 Å². The van der Waals surface area contributed by atoms with E-state index in [9.17, 15) is 8.42 Å². The van der Waals surface area contributed by atoms with Gasteiger partial charge >= 0.3 is 0 Å². The Hall–Kier alpha value is -0.170. The molecular weight excluding hydrogens is 264 g/mol. The summed E-state index contributed by atoms with van der Waals surface area (Å²) in [5.74, 6) is 1.18. The van der Waals surface area contributed by atoms with Gasteiger partial charge < -0.3 is 10.5 Å². The van der Waals surface area contributed by atoms with E-state index >= 15 is 0 Å². The van der Waals surface area contributed by atoms with Gasteiger partial charge in [0, 0.05) is 25.8 Å². The van der Waals surface area contributed by atoms with Crippen LogP contribution in [0.25, 0.3) is 0 Å². The normalized spacial score (nSPS) is 33.4. The van der Waals surface area contributed by atoms with E-state index in [0.717, 1.165) is 45.4 Å². The van der Waals surface area contributed by atoms with Crippen molar-refractivity contribution in [3.63, 3.8) is 0 Å². The first-order valence-electron chi connectivity index (χ1n) is 7.16. The Morgan fingerprint density at radius 2 is 2.05 bits per heavy atom. The molecule has 2 heterocycles. The highest BCUT2D eigenvalue weighted by Crippen LogP contribution is 2.32.